The Balaban J connectivity index is 1.38. The minimum Gasteiger partial charge on any atom is -0.488 e. The van der Waals surface area contributed by atoms with Gasteiger partial charge in [-0.15, -0.1) is 0 Å². The largest absolute Gasteiger partial charge is 0.488 e. The Kier molecular flexibility index (Phi) is 7.64. The molecule has 170 valence electrons. The lowest BCUT2D eigenvalue weighted by atomic mass is 10.1. The van der Waals surface area contributed by atoms with Gasteiger partial charge in [-0.1, -0.05) is 59.2 Å². The molecule has 9 heteroatoms. The molecule has 1 heterocycles. The number of carbonyl (C=O) groups excluding carboxylic acids is 2. The summed E-state index contributed by atoms with van der Waals surface area (Å²) in [4.78, 5) is 26.4. The molecule has 3 aromatic rings. The number of ether oxygens (including phenoxy) is 1. The fourth-order valence-corrected chi connectivity index (χ4v) is 5.37. The molecule has 0 saturated carbocycles. The third-order valence-electron chi connectivity index (χ3n) is 5.07. The fourth-order valence-electron chi connectivity index (χ4n) is 3.34. The summed E-state index contributed by atoms with van der Waals surface area (Å²) >= 11 is 16.6. The number of hydrogen-bond donors (Lipinski definition) is 0. The van der Waals surface area contributed by atoms with Gasteiger partial charge in [0, 0.05) is 15.6 Å². The molecule has 0 N–H and O–H groups in total. The van der Waals surface area contributed by atoms with Crippen molar-refractivity contribution in [1.29, 1.82) is 0 Å². The van der Waals surface area contributed by atoms with E-state index < -0.39 is 5.25 Å². The zero-order valence-corrected chi connectivity index (χ0v) is 21.0. The summed E-state index contributed by atoms with van der Waals surface area (Å²) in [6.07, 6.45) is 0.400. The number of benzene rings is 3. The number of hydrogen-bond acceptors (Lipinski definition) is 4. The van der Waals surface area contributed by atoms with Crippen LogP contribution in [0.3, 0.4) is 0 Å². The summed E-state index contributed by atoms with van der Waals surface area (Å²) in [5.41, 5.74) is 2.40. The lowest BCUT2D eigenvalue weighted by Gasteiger charge is -2.14. The maximum Gasteiger partial charge on any atom is 0.289 e. The number of amides is 2. The van der Waals surface area contributed by atoms with Gasteiger partial charge in [0.2, 0.25) is 5.91 Å². The van der Waals surface area contributed by atoms with Crippen molar-refractivity contribution < 1.29 is 18.7 Å². The third kappa shape index (κ3) is 5.90. The van der Waals surface area contributed by atoms with Crippen LogP contribution in [0.15, 0.2) is 65.1 Å². The molecule has 0 aliphatic carbocycles. The second-order valence-electron chi connectivity index (χ2n) is 7.42. The molecule has 1 aliphatic rings. The normalized spacial score (nSPS) is 15.9. The second kappa shape index (κ2) is 10.5. The summed E-state index contributed by atoms with van der Waals surface area (Å²) in [5, 5.41) is 0.280. The predicted molar refractivity (Wildman–Crippen MR) is 132 cm³/mol. The maximum absolute atomic E-state index is 13.1. The van der Waals surface area contributed by atoms with Gasteiger partial charge in [0.25, 0.3) is 5.24 Å². The summed E-state index contributed by atoms with van der Waals surface area (Å²) in [5.74, 6) is 0.0201. The average Bonchev–Trinajstić information content (AvgIpc) is 3.03. The predicted octanol–water partition coefficient (Wildman–Crippen LogP) is 7.28. The van der Waals surface area contributed by atoms with Crippen LogP contribution >= 0.6 is 50.9 Å². The Bertz CT molecular complexity index is 1210. The van der Waals surface area contributed by atoms with Crippen molar-refractivity contribution in [2.75, 3.05) is 0 Å². The van der Waals surface area contributed by atoms with Crippen LogP contribution in [0, 0.1) is 5.82 Å². The van der Waals surface area contributed by atoms with E-state index in [0.29, 0.717) is 27.8 Å². The van der Waals surface area contributed by atoms with Crippen LogP contribution in [0.5, 0.6) is 5.75 Å². The summed E-state index contributed by atoms with van der Waals surface area (Å²) in [6, 6.07) is 16.5. The Morgan fingerprint density at radius 1 is 1.00 bits per heavy atom. The Labute approximate surface area is 213 Å². The van der Waals surface area contributed by atoms with Crippen molar-refractivity contribution in [1.82, 2.24) is 4.90 Å². The van der Waals surface area contributed by atoms with Gasteiger partial charge >= 0.3 is 0 Å². The van der Waals surface area contributed by atoms with Gasteiger partial charge in [0.15, 0.2) is 0 Å². The van der Waals surface area contributed by atoms with Crippen molar-refractivity contribution in [2.45, 2.75) is 24.8 Å². The minimum atomic E-state index is -0.510. The Hall–Kier alpha value is -2.06. The molecule has 3 aromatic carbocycles. The number of nitrogens with zero attached hydrogens (tertiary/aromatic N) is 1. The molecule has 1 saturated heterocycles. The first-order valence-electron chi connectivity index (χ1n) is 9.92. The van der Waals surface area contributed by atoms with Crippen LogP contribution in [0.1, 0.15) is 16.7 Å². The van der Waals surface area contributed by atoms with E-state index in [1.54, 1.807) is 24.3 Å². The van der Waals surface area contributed by atoms with Crippen molar-refractivity contribution in [3.8, 4) is 5.75 Å². The number of rotatable bonds is 7. The van der Waals surface area contributed by atoms with E-state index >= 15 is 0 Å². The molecule has 1 aliphatic heterocycles. The number of imide groups is 1. The van der Waals surface area contributed by atoms with Crippen molar-refractivity contribution in [3.05, 3.63) is 97.7 Å². The number of halogens is 4. The van der Waals surface area contributed by atoms with E-state index in [9.17, 15) is 14.0 Å². The van der Waals surface area contributed by atoms with Crippen molar-refractivity contribution in [2.24, 2.45) is 0 Å². The standard InChI is InChI=1S/C24H17BrCl2FNO3S/c25-19-9-15(3-8-21(19)32-13-16-4-5-17(26)11-20(16)27)10-22-23(30)29(24(31)33-22)12-14-1-6-18(28)7-2-14/h1-9,11,22H,10,12-13H2/t22-/m1/s1. The van der Waals surface area contributed by atoms with E-state index in [0.717, 1.165) is 27.4 Å². The molecule has 0 bridgehead atoms. The van der Waals surface area contributed by atoms with Gasteiger partial charge in [-0.25, -0.2) is 4.39 Å². The highest BCUT2D eigenvalue weighted by Gasteiger charge is 2.39. The first-order valence-corrected chi connectivity index (χ1v) is 12.3. The van der Waals surface area contributed by atoms with Crippen LogP contribution < -0.4 is 4.74 Å². The molecule has 0 unspecified atom stereocenters. The maximum atomic E-state index is 13.1. The van der Waals surface area contributed by atoms with Crippen LogP contribution in [-0.4, -0.2) is 21.3 Å². The summed E-state index contributed by atoms with van der Waals surface area (Å²) in [7, 11) is 0. The van der Waals surface area contributed by atoms with E-state index in [-0.39, 0.29) is 30.1 Å². The first kappa shape index (κ1) is 24.1. The molecule has 33 heavy (non-hydrogen) atoms. The lowest BCUT2D eigenvalue weighted by molar-refractivity contribution is -0.127. The van der Waals surface area contributed by atoms with Crippen molar-refractivity contribution in [3.63, 3.8) is 0 Å². The van der Waals surface area contributed by atoms with E-state index in [2.05, 4.69) is 15.9 Å². The molecule has 1 fully saturated rings. The van der Waals surface area contributed by atoms with Gasteiger partial charge in [0.1, 0.15) is 18.2 Å². The van der Waals surface area contributed by atoms with Gasteiger partial charge in [-0.05, 0) is 69.9 Å². The monoisotopic (exact) mass is 567 g/mol. The quantitative estimate of drug-likeness (QED) is 0.300. The molecule has 0 aromatic heterocycles. The first-order chi connectivity index (χ1) is 15.8. The van der Waals surface area contributed by atoms with Crippen LogP contribution in [-0.2, 0) is 24.4 Å². The van der Waals surface area contributed by atoms with Gasteiger partial charge in [-0.3, -0.25) is 14.5 Å². The summed E-state index contributed by atoms with van der Waals surface area (Å²) in [6.45, 7) is 0.406. The highest BCUT2D eigenvalue weighted by molar-refractivity contribution is 9.10. The second-order valence-corrected chi connectivity index (χ2v) is 10.3. The van der Waals surface area contributed by atoms with Gasteiger partial charge in [0.05, 0.1) is 16.3 Å². The highest BCUT2D eigenvalue weighted by atomic mass is 79.9. The topological polar surface area (TPSA) is 46.6 Å². The molecular formula is C24H17BrCl2FNO3S. The zero-order valence-electron chi connectivity index (χ0n) is 17.1. The third-order valence-corrected chi connectivity index (χ3v) is 7.36. The number of carbonyl (C=O) groups is 2. The van der Waals surface area contributed by atoms with Gasteiger partial charge < -0.3 is 4.74 Å². The molecule has 0 radical (unpaired) electrons. The fraction of sp³-hybridized carbons (Fsp3) is 0.167. The van der Waals surface area contributed by atoms with Crippen LogP contribution in [0.25, 0.3) is 0 Å². The zero-order chi connectivity index (χ0) is 23.5. The Morgan fingerprint density at radius 3 is 2.42 bits per heavy atom. The van der Waals surface area contributed by atoms with Crippen LogP contribution in [0.2, 0.25) is 10.0 Å². The van der Waals surface area contributed by atoms with E-state index in [4.69, 9.17) is 27.9 Å². The molecular weight excluding hydrogens is 552 g/mol. The molecule has 1 atom stereocenters. The summed E-state index contributed by atoms with van der Waals surface area (Å²) < 4.78 is 19.7. The molecule has 0 spiro atoms. The highest BCUT2D eigenvalue weighted by Crippen LogP contribution is 2.33. The lowest BCUT2D eigenvalue weighted by Crippen LogP contribution is -2.31. The SMILES string of the molecule is O=C1S[C@H](Cc2ccc(OCc3ccc(Cl)cc3Cl)c(Br)c2)C(=O)N1Cc1ccc(F)cc1. The minimum absolute atomic E-state index is 0.130. The molecule has 4 nitrogen and oxygen atoms in total. The van der Waals surface area contributed by atoms with E-state index in [1.807, 2.05) is 24.3 Å². The van der Waals surface area contributed by atoms with Crippen molar-refractivity contribution >= 4 is 62.0 Å². The van der Waals surface area contributed by atoms with E-state index in [1.165, 1.54) is 17.0 Å². The molecule has 4 rings (SSSR count). The van der Waals surface area contributed by atoms with Gasteiger partial charge in [-0.2, -0.15) is 0 Å². The van der Waals surface area contributed by atoms with Crippen LogP contribution in [0.4, 0.5) is 9.18 Å². The Morgan fingerprint density at radius 2 is 1.73 bits per heavy atom. The number of thioether (sulfide) groups is 1. The average molecular weight is 569 g/mol. The smallest absolute Gasteiger partial charge is 0.289 e. The molecule has 2 amide bonds.